The Morgan fingerprint density at radius 1 is 1.08 bits per heavy atom. The number of esters is 2. The number of nitrogens with one attached hydrogen (secondary N) is 1. The molecule has 3 aromatic rings. The molecule has 270 valence electrons. The number of oxime groups is 1. The Balaban J connectivity index is 1.22. The molecule has 2 aliphatic rings. The highest BCUT2D eigenvalue weighted by atomic mass is 32.2. The summed E-state index contributed by atoms with van der Waals surface area (Å²) in [5.74, 6) is -2.39. The molecular weight excluding hydrogens is 723 g/mol. The van der Waals surface area contributed by atoms with Gasteiger partial charge in [0.2, 0.25) is 18.8 Å². The minimum atomic E-state index is -1.21. The Kier molecular flexibility index (Phi) is 12.4. The Labute approximate surface area is 305 Å². The summed E-state index contributed by atoms with van der Waals surface area (Å²) in [6, 6.07) is 17.4. The highest BCUT2D eigenvalue weighted by Crippen LogP contribution is 2.44. The average Bonchev–Trinajstić information content (AvgIpc) is 3.57. The molecule has 0 saturated carbocycles. The van der Waals surface area contributed by atoms with Gasteiger partial charge in [-0.2, -0.15) is 0 Å². The van der Waals surface area contributed by atoms with Crippen molar-refractivity contribution in [1.82, 2.24) is 15.2 Å². The van der Waals surface area contributed by atoms with Crippen LogP contribution in [0.25, 0.3) is 0 Å². The summed E-state index contributed by atoms with van der Waals surface area (Å²) >= 11 is 3.55. The van der Waals surface area contributed by atoms with Gasteiger partial charge >= 0.3 is 18.1 Å². The minimum absolute atomic E-state index is 0.00371. The highest BCUT2D eigenvalue weighted by Gasteiger charge is 2.58. The number of nitrogens with two attached hydrogens (primary N) is 1. The summed E-state index contributed by atoms with van der Waals surface area (Å²) in [5.41, 5.74) is 7.09. The number of aromatic nitrogens is 1. The molecule has 5 rings (SSSR count). The standard InChI is InChI=1S/C33H35N5O10S3/c1-4-44-32(43)47-19(2)46-30(42)33(49-3)17-38-28(41)25(29(38)51-18-33)36-27(40)24(22-16-50-31(34)35-22)37-45-15-23(39)48-26(20-11-7-5-8-12-20)21-13-9-6-10-14-21/h5-14,16,19,25-26,29H,4,15,17-18H2,1-3H3,(H2,34,35)(H,36,40)/t19?,25?,29-,33?/m1/s1. The van der Waals surface area contributed by atoms with Gasteiger partial charge in [0.1, 0.15) is 21.9 Å². The zero-order valence-corrected chi connectivity index (χ0v) is 30.2. The fourth-order valence-corrected chi connectivity index (χ4v) is 8.25. The van der Waals surface area contributed by atoms with E-state index in [1.165, 1.54) is 40.7 Å². The summed E-state index contributed by atoms with van der Waals surface area (Å²) in [6.45, 7) is 2.47. The number of carbonyl (C=O) groups excluding carboxylic acids is 5. The van der Waals surface area contributed by atoms with Crippen molar-refractivity contribution in [1.29, 1.82) is 0 Å². The van der Waals surface area contributed by atoms with Crippen molar-refractivity contribution in [2.75, 3.05) is 37.5 Å². The molecule has 0 radical (unpaired) electrons. The molecule has 3 N–H and O–H groups in total. The molecule has 0 spiro atoms. The van der Waals surface area contributed by atoms with E-state index in [2.05, 4.69) is 15.5 Å². The minimum Gasteiger partial charge on any atom is -0.450 e. The average molecular weight is 758 g/mol. The molecule has 4 atom stereocenters. The summed E-state index contributed by atoms with van der Waals surface area (Å²) in [4.78, 5) is 75.4. The van der Waals surface area contributed by atoms with E-state index in [-0.39, 0.29) is 35.4 Å². The molecule has 3 unspecified atom stereocenters. The van der Waals surface area contributed by atoms with Gasteiger partial charge in [-0.15, -0.1) is 34.9 Å². The van der Waals surface area contributed by atoms with Gasteiger partial charge < -0.3 is 39.7 Å². The number of ether oxygens (including phenoxy) is 4. The predicted molar refractivity (Wildman–Crippen MR) is 190 cm³/mol. The molecule has 0 bridgehead atoms. The fraction of sp³-hybridized carbons (Fsp3) is 0.364. The van der Waals surface area contributed by atoms with Crippen molar-refractivity contribution in [3.63, 3.8) is 0 Å². The van der Waals surface area contributed by atoms with Gasteiger partial charge in [-0.1, -0.05) is 65.8 Å². The number of β-lactam (4-membered cyclic amide) rings is 1. The number of amides is 2. The van der Waals surface area contributed by atoms with Crippen molar-refractivity contribution in [2.45, 2.75) is 42.4 Å². The zero-order chi connectivity index (χ0) is 36.5. The molecule has 0 aliphatic carbocycles. The Morgan fingerprint density at radius 2 is 1.75 bits per heavy atom. The number of hydrogen-bond donors (Lipinski definition) is 2. The predicted octanol–water partition coefficient (Wildman–Crippen LogP) is 3.34. The Hall–Kier alpha value is -4.81. The van der Waals surface area contributed by atoms with Crippen LogP contribution in [0.15, 0.2) is 71.2 Å². The molecule has 15 nitrogen and oxygen atoms in total. The van der Waals surface area contributed by atoms with Crippen LogP contribution in [-0.2, 0) is 43.0 Å². The van der Waals surface area contributed by atoms with Gasteiger partial charge in [-0.3, -0.25) is 14.4 Å². The number of benzene rings is 2. The van der Waals surface area contributed by atoms with E-state index in [4.69, 9.17) is 29.5 Å². The highest BCUT2D eigenvalue weighted by molar-refractivity contribution is 8.04. The van der Waals surface area contributed by atoms with Crippen LogP contribution in [0.1, 0.15) is 36.8 Å². The first-order valence-corrected chi connectivity index (χ1v) is 18.7. The lowest BCUT2D eigenvalue weighted by molar-refractivity contribution is -0.172. The van der Waals surface area contributed by atoms with Crippen LogP contribution in [0.2, 0.25) is 0 Å². The maximum absolute atomic E-state index is 13.5. The molecule has 2 aliphatic heterocycles. The van der Waals surface area contributed by atoms with Gasteiger partial charge in [-0.05, 0) is 24.3 Å². The SMILES string of the molecule is CCOC(=O)OC(C)OC(=O)C1(SC)CS[C@@H]2C(NC(=O)C(=NOCC(=O)OC(c3ccccc3)c3ccccc3)c3csc(N)n3)C(=O)N2C1. The van der Waals surface area contributed by atoms with E-state index in [1.807, 2.05) is 60.7 Å². The third-order valence-corrected chi connectivity index (χ3v) is 11.3. The van der Waals surface area contributed by atoms with Crippen LogP contribution in [0.5, 0.6) is 0 Å². The first-order valence-electron chi connectivity index (χ1n) is 15.6. The lowest BCUT2D eigenvalue weighted by atomic mass is 10.0. The van der Waals surface area contributed by atoms with E-state index in [0.717, 1.165) is 22.5 Å². The van der Waals surface area contributed by atoms with Crippen LogP contribution in [0.3, 0.4) is 0 Å². The second-order valence-corrected chi connectivity index (χ2v) is 14.3. The van der Waals surface area contributed by atoms with E-state index in [0.29, 0.717) is 0 Å². The van der Waals surface area contributed by atoms with Crippen molar-refractivity contribution in [3.8, 4) is 0 Å². The Bertz CT molecular complexity index is 1720. The molecular formula is C33H35N5O10S3. The van der Waals surface area contributed by atoms with E-state index >= 15 is 0 Å². The summed E-state index contributed by atoms with van der Waals surface area (Å²) in [6.07, 6.45) is -1.18. The molecule has 2 aromatic carbocycles. The van der Waals surface area contributed by atoms with Crippen LogP contribution in [0, 0.1) is 0 Å². The third kappa shape index (κ3) is 8.92. The number of hydrogen-bond acceptors (Lipinski definition) is 16. The quantitative estimate of drug-likeness (QED) is 0.0606. The molecule has 2 fully saturated rings. The van der Waals surface area contributed by atoms with E-state index in [9.17, 15) is 24.0 Å². The number of nitrogen functional groups attached to an aromatic ring is 1. The molecule has 3 heterocycles. The van der Waals surface area contributed by atoms with E-state index in [1.54, 1.807) is 13.2 Å². The van der Waals surface area contributed by atoms with Crippen molar-refractivity contribution >= 4 is 75.6 Å². The second-order valence-electron chi connectivity index (χ2n) is 11.1. The molecule has 2 amide bonds. The number of fused-ring (bicyclic) bond motifs is 1. The molecule has 51 heavy (non-hydrogen) atoms. The van der Waals surface area contributed by atoms with E-state index < -0.39 is 65.1 Å². The Morgan fingerprint density at radius 3 is 2.33 bits per heavy atom. The van der Waals surface area contributed by atoms with Crippen molar-refractivity contribution in [2.24, 2.45) is 5.16 Å². The summed E-state index contributed by atoms with van der Waals surface area (Å²) < 4.78 is 19.6. The topological polar surface area (TPSA) is 198 Å². The van der Waals surface area contributed by atoms with Gasteiger partial charge in [0, 0.05) is 24.6 Å². The summed E-state index contributed by atoms with van der Waals surface area (Å²) in [5, 5.41) is 7.75. The zero-order valence-electron chi connectivity index (χ0n) is 27.7. The fourth-order valence-electron chi connectivity index (χ4n) is 5.16. The number of rotatable bonds is 14. The van der Waals surface area contributed by atoms with Gasteiger partial charge in [0.05, 0.1) is 6.61 Å². The molecule has 2 saturated heterocycles. The van der Waals surface area contributed by atoms with Gasteiger partial charge in [0.15, 0.2) is 16.9 Å². The number of anilines is 1. The van der Waals surface area contributed by atoms with Crippen LogP contribution < -0.4 is 11.1 Å². The first kappa shape index (κ1) is 37.4. The lowest BCUT2D eigenvalue weighted by Crippen LogP contribution is -2.75. The maximum atomic E-state index is 13.5. The number of thioether (sulfide) groups is 2. The molecule has 18 heteroatoms. The van der Waals surface area contributed by atoms with Crippen LogP contribution in [0.4, 0.5) is 9.93 Å². The van der Waals surface area contributed by atoms with Crippen LogP contribution in [-0.4, -0.2) is 99.7 Å². The summed E-state index contributed by atoms with van der Waals surface area (Å²) in [7, 11) is 0. The maximum Gasteiger partial charge on any atom is 0.511 e. The van der Waals surface area contributed by atoms with Gasteiger partial charge in [-0.25, -0.2) is 14.6 Å². The number of nitrogens with zero attached hydrogens (tertiary/aromatic N) is 3. The normalized spacial score (nSPS) is 20.4. The number of carbonyl (C=O) groups is 5. The smallest absolute Gasteiger partial charge is 0.450 e. The molecule has 1 aromatic heterocycles. The lowest BCUT2D eigenvalue weighted by Gasteiger charge is -2.53. The third-order valence-electron chi connectivity index (χ3n) is 7.67. The van der Waals surface area contributed by atoms with Gasteiger partial charge in [0.25, 0.3) is 5.91 Å². The monoisotopic (exact) mass is 757 g/mol. The van der Waals surface area contributed by atoms with Crippen molar-refractivity contribution in [3.05, 3.63) is 82.9 Å². The van der Waals surface area contributed by atoms with Crippen LogP contribution >= 0.6 is 34.9 Å². The number of thiazole rings is 1. The largest absolute Gasteiger partial charge is 0.511 e. The first-order chi connectivity index (χ1) is 24.5. The second kappa shape index (κ2) is 16.9. The van der Waals surface area contributed by atoms with Crippen molar-refractivity contribution < 1.29 is 47.8 Å².